The average molecular weight is 283 g/mol. The minimum Gasteiger partial charge on any atom is -0.477 e. The summed E-state index contributed by atoms with van der Waals surface area (Å²) in [4.78, 5) is 27.0. The Bertz CT molecular complexity index is 481. The number of hydrogen-bond acceptors (Lipinski definition) is 5. The second kappa shape index (κ2) is 6.12. The van der Waals surface area contributed by atoms with Crippen LogP contribution in [0.4, 0.5) is 0 Å². The highest BCUT2D eigenvalue weighted by Crippen LogP contribution is 2.18. The van der Waals surface area contributed by atoms with Crippen molar-refractivity contribution in [3.8, 4) is 0 Å². The van der Waals surface area contributed by atoms with Crippen LogP contribution in [-0.2, 0) is 11.3 Å². The van der Waals surface area contributed by atoms with Crippen LogP contribution in [0, 0.1) is 12.8 Å². The van der Waals surface area contributed by atoms with Gasteiger partial charge in [0.15, 0.2) is 0 Å². The number of aryl methyl sites for hydroxylation is 1. The minimum atomic E-state index is -0.968. The number of carboxylic acids is 1. The number of rotatable bonds is 5. The average Bonchev–Trinajstić information content (AvgIpc) is 2.96. The van der Waals surface area contributed by atoms with E-state index >= 15 is 0 Å². The zero-order valence-corrected chi connectivity index (χ0v) is 11.5. The largest absolute Gasteiger partial charge is 0.477 e. The lowest BCUT2D eigenvalue weighted by atomic mass is 10.0. The Kier molecular flexibility index (Phi) is 4.49. The molecule has 3 N–H and O–H groups in total. The van der Waals surface area contributed by atoms with Crippen molar-refractivity contribution in [2.24, 2.45) is 5.92 Å². The molecule has 1 saturated heterocycles. The first kappa shape index (κ1) is 14.0. The smallest absolute Gasteiger partial charge is 0.347 e. The second-order valence-corrected chi connectivity index (χ2v) is 5.75. The Hall–Kier alpha value is -1.47. The van der Waals surface area contributed by atoms with Crippen LogP contribution in [0.1, 0.15) is 33.2 Å². The molecule has 1 amide bonds. The molecule has 1 aromatic heterocycles. The third kappa shape index (κ3) is 3.74. The molecule has 1 atom stereocenters. The number of carboxylic acid groups (broad SMARTS) is 1. The van der Waals surface area contributed by atoms with E-state index < -0.39 is 5.97 Å². The molecule has 0 radical (unpaired) electrons. The molecule has 1 fully saturated rings. The molecular formula is C12H17N3O3S. The van der Waals surface area contributed by atoms with Crippen LogP contribution < -0.4 is 10.6 Å². The molecule has 2 heterocycles. The van der Waals surface area contributed by atoms with Gasteiger partial charge in [-0.15, -0.1) is 11.3 Å². The molecule has 0 aromatic carbocycles. The molecule has 6 nitrogen and oxygen atoms in total. The van der Waals surface area contributed by atoms with E-state index in [-0.39, 0.29) is 10.8 Å². The zero-order chi connectivity index (χ0) is 13.8. The van der Waals surface area contributed by atoms with Gasteiger partial charge in [0.25, 0.3) is 0 Å². The van der Waals surface area contributed by atoms with Crippen molar-refractivity contribution < 1.29 is 14.7 Å². The fraction of sp³-hybridized carbons (Fsp3) is 0.583. The molecule has 1 unspecified atom stereocenters. The van der Waals surface area contributed by atoms with Gasteiger partial charge < -0.3 is 15.7 Å². The number of carbonyl (C=O) groups is 2. The first-order valence-corrected chi connectivity index (χ1v) is 7.05. The Morgan fingerprint density at radius 3 is 2.95 bits per heavy atom. The van der Waals surface area contributed by atoms with Gasteiger partial charge in [0, 0.05) is 6.42 Å². The molecule has 2 rings (SSSR count). The maximum Gasteiger partial charge on any atom is 0.347 e. The van der Waals surface area contributed by atoms with Gasteiger partial charge >= 0.3 is 5.97 Å². The van der Waals surface area contributed by atoms with Gasteiger partial charge in [0.2, 0.25) is 5.91 Å². The van der Waals surface area contributed by atoms with Gasteiger partial charge in [-0.2, -0.15) is 0 Å². The van der Waals surface area contributed by atoms with E-state index in [9.17, 15) is 9.59 Å². The summed E-state index contributed by atoms with van der Waals surface area (Å²) in [6.07, 6.45) is 1.55. The summed E-state index contributed by atoms with van der Waals surface area (Å²) in [7, 11) is 0. The molecular weight excluding hydrogens is 266 g/mol. The normalized spacial score (nSPS) is 18.5. The molecule has 104 valence electrons. The summed E-state index contributed by atoms with van der Waals surface area (Å²) < 4.78 is 0. The quantitative estimate of drug-likeness (QED) is 0.742. The van der Waals surface area contributed by atoms with E-state index in [4.69, 9.17) is 5.11 Å². The van der Waals surface area contributed by atoms with Gasteiger partial charge in [0.05, 0.1) is 12.2 Å². The van der Waals surface area contributed by atoms with Gasteiger partial charge in [-0.25, -0.2) is 9.78 Å². The Morgan fingerprint density at radius 1 is 1.58 bits per heavy atom. The fourth-order valence-electron chi connectivity index (χ4n) is 2.12. The number of amides is 1. The van der Waals surface area contributed by atoms with E-state index in [0.29, 0.717) is 29.6 Å². The first-order valence-electron chi connectivity index (χ1n) is 6.23. The highest BCUT2D eigenvalue weighted by Gasteiger charge is 2.18. The van der Waals surface area contributed by atoms with Crippen molar-refractivity contribution in [3.63, 3.8) is 0 Å². The predicted octanol–water partition coefficient (Wildman–Crippen LogP) is 0.766. The van der Waals surface area contributed by atoms with E-state index in [0.717, 1.165) is 30.8 Å². The standard InChI is InChI=1S/C12H17N3O3S/c1-7-11(12(17)18)19-10(15-7)6-14-9(16)4-8-2-3-13-5-8/h8,13H,2-6H2,1H3,(H,14,16)(H,17,18). The summed E-state index contributed by atoms with van der Waals surface area (Å²) in [6.45, 7) is 3.84. The summed E-state index contributed by atoms with van der Waals surface area (Å²) in [5, 5.41) is 15.6. The molecule has 0 bridgehead atoms. The summed E-state index contributed by atoms with van der Waals surface area (Å²) >= 11 is 1.11. The van der Waals surface area contributed by atoms with Crippen molar-refractivity contribution in [2.45, 2.75) is 26.3 Å². The van der Waals surface area contributed by atoms with Crippen LogP contribution in [0.25, 0.3) is 0 Å². The summed E-state index contributed by atoms with van der Waals surface area (Å²) in [5.74, 6) is -0.560. The van der Waals surface area contributed by atoms with Crippen LogP contribution in [0.2, 0.25) is 0 Å². The van der Waals surface area contributed by atoms with Gasteiger partial charge in [-0.3, -0.25) is 4.79 Å². The van der Waals surface area contributed by atoms with Crippen LogP contribution >= 0.6 is 11.3 Å². The monoisotopic (exact) mass is 283 g/mol. The third-order valence-electron chi connectivity index (χ3n) is 3.11. The minimum absolute atomic E-state index is 0.00146. The molecule has 19 heavy (non-hydrogen) atoms. The Labute approximate surface area is 115 Å². The van der Waals surface area contributed by atoms with E-state index in [1.165, 1.54) is 0 Å². The van der Waals surface area contributed by atoms with Gasteiger partial charge in [0.1, 0.15) is 9.88 Å². The number of hydrogen-bond donors (Lipinski definition) is 3. The number of carbonyl (C=O) groups excluding carboxylic acids is 1. The molecule has 1 aromatic rings. The number of aromatic carboxylic acids is 1. The molecule has 0 aliphatic carbocycles. The molecule has 1 aliphatic heterocycles. The van der Waals surface area contributed by atoms with Crippen molar-refractivity contribution in [2.75, 3.05) is 13.1 Å². The highest BCUT2D eigenvalue weighted by atomic mass is 32.1. The van der Waals surface area contributed by atoms with Crippen LogP contribution in [0.5, 0.6) is 0 Å². The SMILES string of the molecule is Cc1nc(CNC(=O)CC2CCNC2)sc1C(=O)O. The summed E-state index contributed by atoms with van der Waals surface area (Å²) in [6, 6.07) is 0. The zero-order valence-electron chi connectivity index (χ0n) is 10.7. The second-order valence-electron chi connectivity index (χ2n) is 4.67. The number of nitrogens with one attached hydrogen (secondary N) is 2. The number of thiazole rings is 1. The highest BCUT2D eigenvalue weighted by molar-refractivity contribution is 7.13. The topological polar surface area (TPSA) is 91.3 Å². The molecule has 7 heteroatoms. The predicted molar refractivity (Wildman–Crippen MR) is 71.3 cm³/mol. The van der Waals surface area contributed by atoms with Crippen molar-refractivity contribution in [1.82, 2.24) is 15.6 Å². The maximum atomic E-state index is 11.7. The molecule has 0 spiro atoms. The van der Waals surface area contributed by atoms with Crippen molar-refractivity contribution >= 4 is 23.2 Å². The van der Waals surface area contributed by atoms with Crippen molar-refractivity contribution in [3.05, 3.63) is 15.6 Å². The van der Waals surface area contributed by atoms with Gasteiger partial charge in [-0.1, -0.05) is 0 Å². The lowest BCUT2D eigenvalue weighted by molar-refractivity contribution is -0.122. The van der Waals surface area contributed by atoms with E-state index in [1.807, 2.05) is 0 Å². The third-order valence-corrected chi connectivity index (χ3v) is 4.25. The maximum absolute atomic E-state index is 11.7. The molecule has 1 aliphatic rings. The Balaban J connectivity index is 1.82. The van der Waals surface area contributed by atoms with Crippen molar-refractivity contribution in [1.29, 1.82) is 0 Å². The van der Waals surface area contributed by atoms with E-state index in [1.54, 1.807) is 6.92 Å². The number of aromatic nitrogens is 1. The lowest BCUT2D eigenvalue weighted by Gasteiger charge is -2.07. The van der Waals surface area contributed by atoms with Crippen LogP contribution in [0.15, 0.2) is 0 Å². The molecule has 0 saturated carbocycles. The summed E-state index contributed by atoms with van der Waals surface area (Å²) in [5.41, 5.74) is 0.502. The fourth-order valence-corrected chi connectivity index (χ4v) is 2.97. The van der Waals surface area contributed by atoms with E-state index in [2.05, 4.69) is 15.6 Å². The number of nitrogens with zero attached hydrogens (tertiary/aromatic N) is 1. The van der Waals surface area contributed by atoms with Gasteiger partial charge in [-0.05, 0) is 32.4 Å². The lowest BCUT2D eigenvalue weighted by Crippen LogP contribution is -2.25. The Morgan fingerprint density at radius 2 is 2.37 bits per heavy atom. The van der Waals surface area contributed by atoms with Crippen LogP contribution in [0.3, 0.4) is 0 Å². The van der Waals surface area contributed by atoms with Crippen LogP contribution in [-0.4, -0.2) is 35.1 Å². The first-order chi connectivity index (χ1) is 9.06.